The van der Waals surface area contributed by atoms with Gasteiger partial charge >= 0.3 is 0 Å². The summed E-state index contributed by atoms with van der Waals surface area (Å²) >= 11 is 5.99. The second-order valence-corrected chi connectivity index (χ2v) is 10.3. The molecule has 2 aliphatic rings. The molecule has 1 aliphatic heterocycles. The van der Waals surface area contributed by atoms with Crippen LogP contribution in [0.1, 0.15) is 41.7 Å². The maximum atomic E-state index is 13.7. The standard InChI is InChI=1S/C33H29ClN2O2/c34-29-14-11-26(12-15-29)28-13-17-30(35-24-28)16-10-25-7-6-18-33(23-25,19-22-36-20-4-5-21-36)32(38)31(37)27-8-2-1-3-9-27/h1-3,6-9,11-15,17-18,24H,4-5,19-23H2. The van der Waals surface area contributed by atoms with Crippen LogP contribution in [0.3, 0.4) is 0 Å². The Morgan fingerprint density at radius 2 is 1.66 bits per heavy atom. The van der Waals surface area contributed by atoms with Gasteiger partial charge in [-0.2, -0.15) is 0 Å². The summed E-state index contributed by atoms with van der Waals surface area (Å²) in [5, 5.41) is 0.694. The Morgan fingerprint density at radius 1 is 0.921 bits per heavy atom. The highest BCUT2D eigenvalue weighted by Crippen LogP contribution is 2.38. The van der Waals surface area contributed by atoms with Crippen molar-refractivity contribution in [3.63, 3.8) is 0 Å². The van der Waals surface area contributed by atoms with E-state index in [9.17, 15) is 9.59 Å². The molecule has 1 unspecified atom stereocenters. The van der Waals surface area contributed by atoms with Crippen molar-refractivity contribution in [1.29, 1.82) is 0 Å². The molecule has 38 heavy (non-hydrogen) atoms. The van der Waals surface area contributed by atoms with Crippen LogP contribution in [0.5, 0.6) is 0 Å². The summed E-state index contributed by atoms with van der Waals surface area (Å²) in [5.74, 6) is 5.57. The molecule has 1 aliphatic carbocycles. The van der Waals surface area contributed by atoms with Gasteiger partial charge in [0.15, 0.2) is 0 Å². The van der Waals surface area contributed by atoms with Crippen LogP contribution in [-0.4, -0.2) is 41.1 Å². The number of halogens is 1. The predicted molar refractivity (Wildman–Crippen MR) is 152 cm³/mol. The smallest absolute Gasteiger partial charge is 0.229 e. The van der Waals surface area contributed by atoms with E-state index in [1.165, 1.54) is 12.8 Å². The third-order valence-electron chi connectivity index (χ3n) is 7.28. The Bertz CT molecular complexity index is 1420. The minimum Gasteiger partial charge on any atom is -0.303 e. The zero-order chi connectivity index (χ0) is 26.4. The number of rotatable bonds is 7. The largest absolute Gasteiger partial charge is 0.303 e. The van der Waals surface area contributed by atoms with Crippen LogP contribution in [0.4, 0.5) is 0 Å². The van der Waals surface area contributed by atoms with E-state index in [4.69, 9.17) is 11.6 Å². The fourth-order valence-electron chi connectivity index (χ4n) is 5.07. The SMILES string of the molecule is O=C(C(=O)C1(CCN2CCCC2)C=CC=C(C#Cc2ccc(-c3ccc(Cl)cc3)cn2)C1)c1ccccc1. The molecule has 5 rings (SSSR count). The zero-order valence-corrected chi connectivity index (χ0v) is 22.0. The molecule has 3 aromatic rings. The van der Waals surface area contributed by atoms with Gasteiger partial charge in [-0.3, -0.25) is 9.59 Å². The van der Waals surface area contributed by atoms with Crippen molar-refractivity contribution in [2.45, 2.75) is 25.7 Å². The first kappa shape index (κ1) is 25.9. The lowest BCUT2D eigenvalue weighted by molar-refractivity contribution is -0.122. The third-order valence-corrected chi connectivity index (χ3v) is 7.53. The van der Waals surface area contributed by atoms with Crippen molar-refractivity contribution >= 4 is 23.2 Å². The molecule has 0 radical (unpaired) electrons. The molecule has 1 atom stereocenters. The maximum absolute atomic E-state index is 13.7. The first-order valence-electron chi connectivity index (χ1n) is 13.0. The molecule has 0 spiro atoms. The molecular formula is C33H29ClN2O2. The Hall–Kier alpha value is -3.78. The molecule has 0 N–H and O–H groups in total. The molecule has 5 heteroatoms. The Kier molecular flexibility index (Phi) is 7.98. The molecule has 190 valence electrons. The fraction of sp³-hybridized carbons (Fsp3) is 0.242. The van der Waals surface area contributed by atoms with E-state index < -0.39 is 11.2 Å². The Balaban J connectivity index is 1.35. The summed E-state index contributed by atoms with van der Waals surface area (Å²) in [6.45, 7) is 2.87. The summed E-state index contributed by atoms with van der Waals surface area (Å²) in [5.41, 5.74) is 3.02. The van der Waals surface area contributed by atoms with E-state index in [2.05, 4.69) is 21.7 Å². The van der Waals surface area contributed by atoms with E-state index in [0.29, 0.717) is 29.1 Å². The van der Waals surface area contributed by atoms with Crippen molar-refractivity contribution in [2.24, 2.45) is 5.41 Å². The van der Waals surface area contributed by atoms with Crippen molar-refractivity contribution in [2.75, 3.05) is 19.6 Å². The molecule has 2 aromatic carbocycles. The maximum Gasteiger partial charge on any atom is 0.229 e. The number of benzene rings is 2. The lowest BCUT2D eigenvalue weighted by atomic mass is 9.70. The van der Waals surface area contributed by atoms with Gasteiger partial charge in [0, 0.05) is 27.9 Å². The summed E-state index contributed by atoms with van der Waals surface area (Å²) in [4.78, 5) is 33.8. The number of ketones is 2. The van der Waals surface area contributed by atoms with Gasteiger partial charge in [0.05, 0.1) is 5.41 Å². The Labute approximate surface area is 229 Å². The monoisotopic (exact) mass is 520 g/mol. The minimum atomic E-state index is -0.903. The van der Waals surface area contributed by atoms with Gasteiger partial charge < -0.3 is 4.90 Å². The van der Waals surface area contributed by atoms with Crippen LogP contribution in [0, 0.1) is 17.3 Å². The number of hydrogen-bond donors (Lipinski definition) is 0. The summed E-state index contributed by atoms with van der Waals surface area (Å²) in [6.07, 6.45) is 10.9. The van der Waals surface area contributed by atoms with Crippen molar-refractivity contribution in [3.8, 4) is 23.0 Å². The van der Waals surface area contributed by atoms with Gasteiger partial charge in [0.2, 0.25) is 11.6 Å². The lowest BCUT2D eigenvalue weighted by Crippen LogP contribution is -2.39. The molecule has 0 saturated carbocycles. The fourth-order valence-corrected chi connectivity index (χ4v) is 5.20. The number of carbonyl (C=O) groups is 2. The Morgan fingerprint density at radius 3 is 2.37 bits per heavy atom. The van der Waals surface area contributed by atoms with Crippen LogP contribution < -0.4 is 0 Å². The van der Waals surface area contributed by atoms with Gasteiger partial charge in [-0.15, -0.1) is 0 Å². The van der Waals surface area contributed by atoms with Crippen molar-refractivity contribution < 1.29 is 9.59 Å². The molecule has 2 heterocycles. The minimum absolute atomic E-state index is 0.364. The van der Waals surface area contributed by atoms with E-state index in [-0.39, 0.29) is 5.78 Å². The van der Waals surface area contributed by atoms with Crippen molar-refractivity contribution in [3.05, 3.63) is 113 Å². The number of allylic oxidation sites excluding steroid dienone is 4. The van der Waals surface area contributed by atoms with Crippen LogP contribution in [0.25, 0.3) is 11.1 Å². The number of Topliss-reactive ketones (excluding diaryl/α,β-unsaturated/α-hetero) is 2. The van der Waals surface area contributed by atoms with Gasteiger partial charge in [-0.05, 0) is 75.0 Å². The number of aromatic nitrogens is 1. The van der Waals surface area contributed by atoms with Crippen molar-refractivity contribution in [1.82, 2.24) is 9.88 Å². The molecular weight excluding hydrogens is 492 g/mol. The number of pyridine rings is 1. The van der Waals surface area contributed by atoms with E-state index >= 15 is 0 Å². The molecule has 0 amide bonds. The number of carbonyl (C=O) groups excluding carboxylic acids is 2. The highest BCUT2D eigenvalue weighted by atomic mass is 35.5. The van der Waals surface area contributed by atoms with Gasteiger partial charge in [-0.25, -0.2) is 4.98 Å². The van der Waals surface area contributed by atoms with E-state index in [0.717, 1.165) is 36.3 Å². The first-order valence-corrected chi connectivity index (χ1v) is 13.4. The second kappa shape index (κ2) is 11.7. The summed E-state index contributed by atoms with van der Waals surface area (Å²) in [6, 6.07) is 20.3. The topological polar surface area (TPSA) is 50.3 Å². The van der Waals surface area contributed by atoms with E-state index in [1.54, 1.807) is 30.5 Å². The van der Waals surface area contributed by atoms with Gasteiger partial charge in [0.25, 0.3) is 0 Å². The molecule has 1 fully saturated rings. The van der Waals surface area contributed by atoms with Crippen LogP contribution in [-0.2, 0) is 4.79 Å². The highest BCUT2D eigenvalue weighted by Gasteiger charge is 2.41. The molecule has 0 bridgehead atoms. The predicted octanol–water partition coefficient (Wildman–Crippen LogP) is 6.56. The number of hydrogen-bond acceptors (Lipinski definition) is 4. The average molecular weight is 521 g/mol. The van der Waals surface area contributed by atoms with E-state index in [1.807, 2.05) is 60.7 Å². The van der Waals surface area contributed by atoms with Crippen LogP contribution in [0.15, 0.2) is 96.7 Å². The molecule has 1 aromatic heterocycles. The summed E-state index contributed by atoms with van der Waals surface area (Å²) < 4.78 is 0. The quantitative estimate of drug-likeness (QED) is 0.201. The zero-order valence-electron chi connectivity index (χ0n) is 21.2. The number of likely N-dealkylation sites (tertiary alicyclic amines) is 1. The van der Waals surface area contributed by atoms with Gasteiger partial charge in [0.1, 0.15) is 5.69 Å². The van der Waals surface area contributed by atoms with Gasteiger partial charge in [-0.1, -0.05) is 84.3 Å². The molecule has 4 nitrogen and oxygen atoms in total. The van der Waals surface area contributed by atoms with Crippen LogP contribution >= 0.6 is 11.6 Å². The first-order chi connectivity index (χ1) is 18.5. The summed E-state index contributed by atoms with van der Waals surface area (Å²) in [7, 11) is 0. The number of nitrogens with zero attached hydrogens (tertiary/aromatic N) is 2. The van der Waals surface area contributed by atoms with Crippen LogP contribution in [0.2, 0.25) is 5.02 Å². The highest BCUT2D eigenvalue weighted by molar-refractivity contribution is 6.45. The lowest BCUT2D eigenvalue weighted by Gasteiger charge is -2.32. The molecule has 1 saturated heterocycles. The third kappa shape index (κ3) is 6.02. The normalized spacial score (nSPS) is 18.9. The second-order valence-electron chi connectivity index (χ2n) is 9.90. The average Bonchev–Trinajstić information content (AvgIpc) is 3.50.